The summed E-state index contributed by atoms with van der Waals surface area (Å²) in [4.78, 5) is 40.9. The molecule has 4 rings (SSSR count). The number of ether oxygens (including phenoxy) is 2. The Bertz CT molecular complexity index is 1440. The third-order valence-corrected chi connectivity index (χ3v) is 14.9. The molecule has 7 atom stereocenters. The maximum Gasteiger partial charge on any atom is 0.417 e. The van der Waals surface area contributed by atoms with Crippen LogP contribution in [0.15, 0.2) is 52.6 Å². The van der Waals surface area contributed by atoms with Crippen LogP contribution in [0.2, 0.25) is 18.1 Å². The normalized spacial score (nSPS) is 24.6. The second-order valence-corrected chi connectivity index (χ2v) is 20.3. The van der Waals surface area contributed by atoms with E-state index in [4.69, 9.17) is 18.4 Å². The van der Waals surface area contributed by atoms with Crippen molar-refractivity contribution >= 4 is 26.1 Å². The van der Waals surface area contributed by atoms with E-state index in [0.29, 0.717) is 18.6 Å². The minimum atomic E-state index is -2.01. The number of nitrogens with zero attached hydrogens (tertiary/aromatic N) is 2. The molecule has 2 fully saturated rings. The molecule has 264 valence electrons. The number of ketones is 1. The highest BCUT2D eigenvalue weighted by Gasteiger charge is 2.45. The van der Waals surface area contributed by atoms with Crippen LogP contribution < -0.4 is 0 Å². The van der Waals surface area contributed by atoms with E-state index in [2.05, 4.69) is 65.9 Å². The van der Waals surface area contributed by atoms with Crippen molar-refractivity contribution in [3.8, 4) is 0 Å². The van der Waals surface area contributed by atoms with Crippen LogP contribution in [0, 0.1) is 11.8 Å². The van der Waals surface area contributed by atoms with Crippen molar-refractivity contribution in [2.75, 3.05) is 6.61 Å². The smallest absolute Gasteiger partial charge is 0.417 e. The molecule has 2 amide bonds. The van der Waals surface area contributed by atoms with Gasteiger partial charge in [0, 0.05) is 37.2 Å². The minimum Gasteiger partial charge on any atom is -0.447 e. The minimum absolute atomic E-state index is 0.0499. The number of benzene rings is 1. The first-order valence-electron chi connectivity index (χ1n) is 17.5. The topological polar surface area (TPSA) is 108 Å². The second-order valence-electron chi connectivity index (χ2n) is 15.5. The number of hydrogen-bond donors (Lipinski definition) is 0. The number of allylic oxidation sites excluding steroid dienone is 1. The summed E-state index contributed by atoms with van der Waals surface area (Å²) in [6, 6.07) is 11.1. The molecule has 9 nitrogen and oxygen atoms in total. The molecule has 1 aromatic carbocycles. The summed E-state index contributed by atoms with van der Waals surface area (Å²) >= 11 is 0. The van der Waals surface area contributed by atoms with Crippen molar-refractivity contribution in [3.63, 3.8) is 0 Å². The van der Waals surface area contributed by atoms with Crippen molar-refractivity contribution in [1.82, 2.24) is 10.1 Å². The molecular weight excluding hydrogens is 625 g/mol. The number of rotatable bonds is 13. The molecule has 0 spiro atoms. The van der Waals surface area contributed by atoms with Crippen molar-refractivity contribution in [3.05, 3.63) is 65.1 Å². The highest BCUT2D eigenvalue weighted by atomic mass is 28.4. The summed E-state index contributed by atoms with van der Waals surface area (Å²) in [6.07, 6.45) is 3.57. The molecule has 48 heavy (non-hydrogen) atoms. The number of carbonyl (C=O) groups excluding carboxylic acids is 3. The Labute approximate surface area is 287 Å². The maximum absolute atomic E-state index is 13.9. The number of imide groups is 1. The summed E-state index contributed by atoms with van der Waals surface area (Å²) in [5.74, 6) is -1.28. The largest absolute Gasteiger partial charge is 0.447 e. The van der Waals surface area contributed by atoms with Crippen LogP contribution >= 0.6 is 0 Å². The Morgan fingerprint density at radius 2 is 1.83 bits per heavy atom. The van der Waals surface area contributed by atoms with Crippen molar-refractivity contribution in [2.24, 2.45) is 11.8 Å². The zero-order chi connectivity index (χ0) is 35.4. The highest BCUT2D eigenvalue weighted by molar-refractivity contribution is 6.74. The fraction of sp³-hybridized carbons (Fsp3) is 0.632. The van der Waals surface area contributed by atoms with Gasteiger partial charge in [0.2, 0.25) is 5.91 Å². The molecule has 2 aliphatic rings. The molecule has 0 radical (unpaired) electrons. The SMILES string of the molecule is CCC(=O)[C@H](C[C@@H](C)c1cc(C[C@@H]2O[C@H](C=C(C)C)C[C@H](O[Si](C)(C)C(C)(C)C)[C@@H]2C)no1)C(=O)N1C(=O)OC[C@@H]1Cc1ccccc1. The van der Waals surface area contributed by atoms with Gasteiger partial charge in [-0.15, -0.1) is 0 Å². The number of aromatic nitrogens is 1. The van der Waals surface area contributed by atoms with Gasteiger partial charge in [-0.3, -0.25) is 9.59 Å². The molecule has 2 saturated heterocycles. The standard InChI is InChI=1S/C38H56N2O7Si/c1-11-32(41)31(36(42)40-29(23-44-37(40)43)19-27-15-13-12-14-16-27)18-25(4)33-20-28(39-46-33)21-34-26(5)35(22-30(45-34)17-24(2)3)47-48(9,10)38(6,7)8/h12-17,20,25-26,29-31,34-35H,11,18-19,21-23H2,1-10H3/t25-,26-,29+,30-,31+,34+,35+/m1/s1. The van der Waals surface area contributed by atoms with Crippen LogP contribution in [-0.2, 0) is 36.3 Å². The van der Waals surface area contributed by atoms with E-state index in [0.717, 1.165) is 22.6 Å². The third-order valence-electron chi connectivity index (χ3n) is 10.4. The van der Waals surface area contributed by atoms with Gasteiger partial charge in [0.15, 0.2) is 8.32 Å². The van der Waals surface area contributed by atoms with Crippen LogP contribution in [0.3, 0.4) is 0 Å². The fourth-order valence-electron chi connectivity index (χ4n) is 6.39. The Kier molecular flexibility index (Phi) is 12.3. The van der Waals surface area contributed by atoms with Crippen molar-refractivity contribution < 1.29 is 32.8 Å². The lowest BCUT2D eigenvalue weighted by Crippen LogP contribution is -2.51. The van der Waals surface area contributed by atoms with Crippen LogP contribution in [0.25, 0.3) is 0 Å². The van der Waals surface area contributed by atoms with Gasteiger partial charge >= 0.3 is 6.09 Å². The number of cyclic esters (lactones) is 1. The molecule has 0 unspecified atom stereocenters. The number of Topliss-reactive ketones (excluding diaryl/α,β-unsaturated/α-hetero) is 1. The van der Waals surface area contributed by atoms with E-state index in [9.17, 15) is 14.4 Å². The predicted molar refractivity (Wildman–Crippen MR) is 188 cm³/mol. The summed E-state index contributed by atoms with van der Waals surface area (Å²) in [5, 5.41) is 4.50. The molecule has 1 aromatic heterocycles. The van der Waals surface area contributed by atoms with Crippen LogP contribution in [0.4, 0.5) is 4.79 Å². The molecule has 0 N–H and O–H groups in total. The highest BCUT2D eigenvalue weighted by Crippen LogP contribution is 2.41. The zero-order valence-electron chi connectivity index (χ0n) is 30.6. The summed E-state index contributed by atoms with van der Waals surface area (Å²) in [6.45, 7) is 21.5. The van der Waals surface area contributed by atoms with Crippen LogP contribution in [0.5, 0.6) is 0 Å². The van der Waals surface area contributed by atoms with Gasteiger partial charge in [-0.05, 0) is 50.4 Å². The van der Waals surface area contributed by atoms with Crippen molar-refractivity contribution in [2.45, 2.75) is 136 Å². The summed E-state index contributed by atoms with van der Waals surface area (Å²) < 4.78 is 24.7. The molecule has 0 bridgehead atoms. The zero-order valence-corrected chi connectivity index (χ0v) is 31.6. The van der Waals surface area contributed by atoms with E-state index < -0.39 is 32.3 Å². The maximum atomic E-state index is 13.9. The van der Waals surface area contributed by atoms with Gasteiger partial charge in [-0.1, -0.05) is 88.7 Å². The molecule has 3 heterocycles. The number of amides is 2. The van der Waals surface area contributed by atoms with Gasteiger partial charge in [-0.25, -0.2) is 9.69 Å². The van der Waals surface area contributed by atoms with Gasteiger partial charge in [0.05, 0.1) is 36.0 Å². The van der Waals surface area contributed by atoms with E-state index in [1.54, 1.807) is 6.92 Å². The average molecular weight is 681 g/mol. The Morgan fingerprint density at radius 3 is 2.46 bits per heavy atom. The molecule has 0 saturated carbocycles. The summed E-state index contributed by atoms with van der Waals surface area (Å²) in [7, 11) is -2.01. The van der Waals surface area contributed by atoms with Gasteiger partial charge in [-0.2, -0.15) is 0 Å². The second kappa shape index (κ2) is 15.6. The van der Waals surface area contributed by atoms with E-state index in [1.807, 2.05) is 43.3 Å². The molecule has 2 aliphatic heterocycles. The average Bonchev–Trinajstić information content (AvgIpc) is 3.63. The first-order chi connectivity index (χ1) is 22.5. The van der Waals surface area contributed by atoms with Crippen LogP contribution in [-0.4, -0.2) is 67.1 Å². The van der Waals surface area contributed by atoms with E-state index in [1.165, 1.54) is 5.57 Å². The molecule has 2 aromatic rings. The Balaban J connectivity index is 1.48. The fourth-order valence-corrected chi connectivity index (χ4v) is 7.82. The number of carbonyl (C=O) groups is 3. The lowest BCUT2D eigenvalue weighted by molar-refractivity contribution is -0.140. The Hall–Kier alpha value is -3.08. The molecular formula is C38H56N2O7Si. The molecule has 10 heteroatoms. The Morgan fingerprint density at radius 1 is 1.15 bits per heavy atom. The monoisotopic (exact) mass is 680 g/mol. The van der Waals surface area contributed by atoms with Gasteiger partial charge in [0.1, 0.15) is 18.2 Å². The first kappa shape index (κ1) is 37.7. The van der Waals surface area contributed by atoms with Gasteiger partial charge in [0.25, 0.3) is 0 Å². The lowest BCUT2D eigenvalue weighted by atomic mass is 9.86. The van der Waals surface area contributed by atoms with Crippen LogP contribution in [0.1, 0.15) is 97.6 Å². The van der Waals surface area contributed by atoms with E-state index >= 15 is 0 Å². The quantitative estimate of drug-likeness (QED) is 0.119. The van der Waals surface area contributed by atoms with Crippen molar-refractivity contribution in [1.29, 1.82) is 0 Å². The first-order valence-corrected chi connectivity index (χ1v) is 20.4. The van der Waals surface area contributed by atoms with Gasteiger partial charge < -0.3 is 18.4 Å². The lowest BCUT2D eigenvalue weighted by Gasteiger charge is -2.46. The molecule has 0 aliphatic carbocycles. The predicted octanol–water partition coefficient (Wildman–Crippen LogP) is 8.05. The third kappa shape index (κ3) is 9.12. The number of hydrogen-bond acceptors (Lipinski definition) is 8. The summed E-state index contributed by atoms with van der Waals surface area (Å²) in [5.41, 5.74) is 2.95. The van der Waals surface area contributed by atoms with E-state index in [-0.39, 0.29) is 60.4 Å².